The van der Waals surface area contributed by atoms with E-state index in [1.807, 2.05) is 64.9 Å². The zero-order chi connectivity index (χ0) is 24.3. The van der Waals surface area contributed by atoms with Gasteiger partial charge < -0.3 is 5.32 Å². The number of aromatic amines is 1. The molecule has 1 aromatic carbocycles. The van der Waals surface area contributed by atoms with Crippen molar-refractivity contribution < 1.29 is 0 Å². The van der Waals surface area contributed by atoms with Gasteiger partial charge >= 0.3 is 0 Å². The fraction of sp³-hybridized carbons (Fsp3) is 0.214. The molecule has 8 nitrogen and oxygen atoms in total. The van der Waals surface area contributed by atoms with Gasteiger partial charge in [0, 0.05) is 66.1 Å². The minimum absolute atomic E-state index is 0.665. The van der Waals surface area contributed by atoms with Crippen molar-refractivity contribution in [1.29, 1.82) is 0 Å². The number of H-pyrrole nitrogens is 1. The molecule has 6 aromatic rings. The van der Waals surface area contributed by atoms with Crippen LogP contribution in [0, 0.1) is 0 Å². The van der Waals surface area contributed by atoms with E-state index >= 15 is 0 Å². The van der Waals surface area contributed by atoms with Gasteiger partial charge in [-0.15, -0.1) is 11.3 Å². The lowest BCUT2D eigenvalue weighted by Crippen LogP contribution is -2.42. The fourth-order valence-electron chi connectivity index (χ4n) is 5.92. The molecule has 2 aliphatic heterocycles. The molecule has 2 fully saturated rings. The van der Waals surface area contributed by atoms with Crippen molar-refractivity contribution in [2.45, 2.75) is 25.0 Å². The smallest absolute Gasteiger partial charge is 0.164 e. The van der Waals surface area contributed by atoms with Crippen molar-refractivity contribution in [2.75, 3.05) is 13.1 Å². The Kier molecular flexibility index (Phi) is 4.76. The molecule has 0 amide bonds. The van der Waals surface area contributed by atoms with Crippen LogP contribution in [0.5, 0.6) is 0 Å². The van der Waals surface area contributed by atoms with Crippen molar-refractivity contribution in [3.8, 4) is 33.0 Å². The van der Waals surface area contributed by atoms with Crippen LogP contribution < -0.4 is 5.32 Å². The van der Waals surface area contributed by atoms with Gasteiger partial charge in [-0.2, -0.15) is 10.2 Å². The average molecular weight is 505 g/mol. The van der Waals surface area contributed by atoms with Gasteiger partial charge in [0.15, 0.2) is 5.65 Å². The van der Waals surface area contributed by atoms with Crippen LogP contribution >= 0.6 is 11.3 Å². The molecule has 5 aromatic heterocycles. The monoisotopic (exact) mass is 504 g/mol. The molecule has 0 aliphatic carbocycles. The molecule has 1 unspecified atom stereocenters. The highest BCUT2D eigenvalue weighted by Gasteiger charge is 2.37. The van der Waals surface area contributed by atoms with E-state index in [4.69, 9.17) is 10.1 Å². The SMILES string of the molecule is c1cc(-c2c(-c3ccncc3)nn3c(-c4ccc(CN5C[C@@H]6CC5CN6)s4)ccnc23)c2cn[nH]c2c1. The fourth-order valence-corrected chi connectivity index (χ4v) is 6.96. The maximum atomic E-state index is 5.15. The highest BCUT2D eigenvalue weighted by molar-refractivity contribution is 7.15. The number of aromatic nitrogens is 6. The van der Waals surface area contributed by atoms with Crippen LogP contribution in [0.2, 0.25) is 0 Å². The summed E-state index contributed by atoms with van der Waals surface area (Å²) in [6.45, 7) is 3.27. The number of nitrogens with one attached hydrogen (secondary N) is 2. The molecule has 37 heavy (non-hydrogen) atoms. The van der Waals surface area contributed by atoms with E-state index in [0.29, 0.717) is 12.1 Å². The number of benzene rings is 1. The van der Waals surface area contributed by atoms with Crippen LogP contribution in [0.3, 0.4) is 0 Å². The lowest BCUT2D eigenvalue weighted by Gasteiger charge is -2.26. The average Bonchev–Trinajstić information content (AvgIpc) is 3.76. The number of hydrogen-bond donors (Lipinski definition) is 2. The van der Waals surface area contributed by atoms with Crippen LogP contribution in [0.15, 0.2) is 73.3 Å². The molecule has 2 atom stereocenters. The third kappa shape index (κ3) is 3.42. The summed E-state index contributed by atoms with van der Waals surface area (Å²) in [6, 6.07) is 18.1. The molecule has 2 bridgehead atoms. The third-order valence-electron chi connectivity index (χ3n) is 7.67. The minimum atomic E-state index is 0.665. The molecule has 0 saturated carbocycles. The zero-order valence-corrected chi connectivity index (χ0v) is 20.8. The number of nitrogens with zero attached hydrogens (tertiary/aromatic N) is 6. The number of hydrogen-bond acceptors (Lipinski definition) is 7. The number of piperazine rings is 1. The van der Waals surface area contributed by atoms with Crippen molar-refractivity contribution in [3.63, 3.8) is 0 Å². The van der Waals surface area contributed by atoms with Gasteiger partial charge in [-0.05, 0) is 48.4 Å². The molecular weight excluding hydrogens is 480 g/mol. The summed E-state index contributed by atoms with van der Waals surface area (Å²) in [5, 5.41) is 17.2. The quantitative estimate of drug-likeness (QED) is 0.357. The number of likely N-dealkylation sites (tertiary alicyclic amines) is 1. The first-order valence-electron chi connectivity index (χ1n) is 12.6. The second-order valence-corrected chi connectivity index (χ2v) is 11.0. The molecule has 2 saturated heterocycles. The van der Waals surface area contributed by atoms with E-state index in [2.05, 4.69) is 49.7 Å². The lowest BCUT2D eigenvalue weighted by atomic mass is 9.99. The maximum Gasteiger partial charge on any atom is 0.164 e. The third-order valence-corrected chi connectivity index (χ3v) is 8.76. The maximum absolute atomic E-state index is 5.15. The van der Waals surface area contributed by atoms with Crippen molar-refractivity contribution in [2.24, 2.45) is 0 Å². The zero-order valence-electron chi connectivity index (χ0n) is 20.0. The van der Waals surface area contributed by atoms with Gasteiger partial charge in [0.1, 0.15) is 5.69 Å². The van der Waals surface area contributed by atoms with Crippen LogP contribution in [-0.4, -0.2) is 59.9 Å². The van der Waals surface area contributed by atoms with Gasteiger partial charge in [-0.1, -0.05) is 12.1 Å². The summed E-state index contributed by atoms with van der Waals surface area (Å²) in [4.78, 5) is 14.3. The first-order chi connectivity index (χ1) is 18.3. The van der Waals surface area contributed by atoms with E-state index in [1.54, 1.807) is 0 Å². The van der Waals surface area contributed by atoms with Crippen molar-refractivity contribution in [3.05, 3.63) is 78.2 Å². The Balaban J connectivity index is 1.28. The summed E-state index contributed by atoms with van der Waals surface area (Å²) >= 11 is 1.85. The Morgan fingerprint density at radius 2 is 1.97 bits per heavy atom. The normalized spacial score (nSPS) is 19.5. The highest BCUT2D eigenvalue weighted by atomic mass is 32.1. The Labute approximate surface area is 217 Å². The molecule has 9 heteroatoms. The van der Waals surface area contributed by atoms with Crippen LogP contribution in [0.4, 0.5) is 0 Å². The van der Waals surface area contributed by atoms with Gasteiger partial charge in [-0.3, -0.25) is 15.0 Å². The predicted molar refractivity (Wildman–Crippen MR) is 145 cm³/mol. The van der Waals surface area contributed by atoms with E-state index in [9.17, 15) is 0 Å². The van der Waals surface area contributed by atoms with E-state index in [0.717, 1.165) is 64.3 Å². The summed E-state index contributed by atoms with van der Waals surface area (Å²) < 4.78 is 2.00. The molecule has 0 radical (unpaired) electrons. The van der Waals surface area contributed by atoms with Gasteiger partial charge in [0.05, 0.1) is 27.8 Å². The largest absolute Gasteiger partial charge is 0.311 e. The standard InChI is InChI=1S/C28H24N8S/c1-2-21(22-14-32-33-23(22)3-1)26-27(17-6-9-29-10-7-17)34-36-24(8-11-30-28(26)36)25-5-4-20(37-25)16-35-15-18-12-19(35)13-31-18/h1-11,14,18-19,31H,12-13,15-16H2,(H,32,33)/t18-,19?/m0/s1. The number of thiophene rings is 1. The van der Waals surface area contributed by atoms with Crippen LogP contribution in [-0.2, 0) is 6.54 Å². The molecular formula is C28H24N8S. The Hall–Kier alpha value is -3.92. The van der Waals surface area contributed by atoms with Crippen LogP contribution in [0.1, 0.15) is 11.3 Å². The van der Waals surface area contributed by atoms with Gasteiger partial charge in [0.2, 0.25) is 0 Å². The van der Waals surface area contributed by atoms with E-state index < -0.39 is 0 Å². The first-order valence-corrected chi connectivity index (χ1v) is 13.4. The van der Waals surface area contributed by atoms with Crippen molar-refractivity contribution >= 4 is 27.9 Å². The molecule has 182 valence electrons. The summed E-state index contributed by atoms with van der Waals surface area (Å²) in [5.74, 6) is 0. The van der Waals surface area contributed by atoms with Crippen molar-refractivity contribution in [1.82, 2.24) is 40.0 Å². The predicted octanol–water partition coefficient (Wildman–Crippen LogP) is 4.61. The van der Waals surface area contributed by atoms with Gasteiger partial charge in [0.25, 0.3) is 0 Å². The number of fused-ring (bicyclic) bond motifs is 4. The number of rotatable bonds is 5. The van der Waals surface area contributed by atoms with E-state index in [-0.39, 0.29) is 0 Å². The number of pyridine rings is 1. The Morgan fingerprint density at radius 1 is 1.03 bits per heavy atom. The molecule has 2 N–H and O–H groups in total. The van der Waals surface area contributed by atoms with Gasteiger partial charge in [-0.25, -0.2) is 9.50 Å². The molecule has 8 rings (SSSR count). The second-order valence-electron chi connectivity index (χ2n) is 9.85. The second kappa shape index (κ2) is 8.31. The summed E-state index contributed by atoms with van der Waals surface area (Å²) in [5.41, 5.74) is 6.81. The lowest BCUT2D eigenvalue weighted by molar-refractivity contribution is 0.219. The Morgan fingerprint density at radius 3 is 2.84 bits per heavy atom. The topological polar surface area (TPSA) is 87.0 Å². The summed E-state index contributed by atoms with van der Waals surface area (Å²) in [6.07, 6.45) is 8.66. The molecule has 7 heterocycles. The minimum Gasteiger partial charge on any atom is -0.311 e. The Bertz CT molecular complexity index is 1750. The summed E-state index contributed by atoms with van der Waals surface area (Å²) in [7, 11) is 0. The van der Waals surface area contributed by atoms with E-state index in [1.165, 1.54) is 16.2 Å². The van der Waals surface area contributed by atoms with Crippen LogP contribution in [0.25, 0.3) is 49.5 Å². The molecule has 0 spiro atoms. The molecule has 2 aliphatic rings. The first kappa shape index (κ1) is 21.2. The highest BCUT2D eigenvalue weighted by Crippen LogP contribution is 2.40.